The molecule has 1 aromatic rings. The van der Waals surface area contributed by atoms with Gasteiger partial charge in [-0.15, -0.1) is 24.0 Å². The maximum absolute atomic E-state index is 11.9. The van der Waals surface area contributed by atoms with Gasteiger partial charge in [-0.05, 0) is 57.9 Å². The minimum absolute atomic E-state index is 0. The normalized spacial score (nSPS) is 22.4. The van der Waals surface area contributed by atoms with Crippen LogP contribution in [-0.2, 0) is 11.3 Å². The first-order chi connectivity index (χ1) is 15.1. The number of carbonyl (C=O) groups is 1. The molecular weight excluding hydrogens is 517 g/mol. The molecule has 1 aliphatic carbocycles. The van der Waals surface area contributed by atoms with Crippen molar-refractivity contribution in [1.29, 1.82) is 0 Å². The van der Waals surface area contributed by atoms with Crippen molar-refractivity contribution in [2.45, 2.75) is 71.1 Å². The number of alkyl carbamates (subject to hydrolysis) is 1. The molecule has 0 bridgehead atoms. The standard InChI is InChI=1S/C24H39N5O2.HI/c1-4-25-23(26-16-22(20-11-12-20)28-24(30)31-5-2)27-21-13-14-29(18(3)15-21)17-19-9-7-6-8-10-19;/h6-10,18,20-22H,4-5,11-17H2,1-3H3,(H,28,30)(H2,25,26,27);1H. The molecule has 2 aliphatic rings. The lowest BCUT2D eigenvalue weighted by molar-refractivity contribution is 0.134. The number of hydrogen-bond donors (Lipinski definition) is 3. The second-order valence-corrected chi connectivity index (χ2v) is 8.70. The maximum atomic E-state index is 11.9. The van der Waals surface area contributed by atoms with Gasteiger partial charge in [-0.1, -0.05) is 30.3 Å². The van der Waals surface area contributed by atoms with Gasteiger partial charge in [-0.2, -0.15) is 0 Å². The minimum atomic E-state index is -0.341. The van der Waals surface area contributed by atoms with Crippen molar-refractivity contribution in [2.24, 2.45) is 10.9 Å². The Morgan fingerprint density at radius 3 is 2.59 bits per heavy atom. The third-order valence-electron chi connectivity index (χ3n) is 6.14. The lowest BCUT2D eigenvalue weighted by Gasteiger charge is -2.38. The molecule has 0 spiro atoms. The van der Waals surface area contributed by atoms with Gasteiger partial charge in [-0.25, -0.2) is 4.79 Å². The van der Waals surface area contributed by atoms with Gasteiger partial charge in [-0.3, -0.25) is 9.89 Å². The van der Waals surface area contributed by atoms with Crippen molar-refractivity contribution in [3.8, 4) is 0 Å². The van der Waals surface area contributed by atoms with Crippen LogP contribution in [-0.4, -0.2) is 61.3 Å². The fraction of sp³-hybridized carbons (Fsp3) is 0.667. The van der Waals surface area contributed by atoms with E-state index >= 15 is 0 Å². The molecule has 8 heteroatoms. The molecule has 1 aromatic carbocycles. The number of carbonyl (C=O) groups excluding carboxylic acids is 1. The lowest BCUT2D eigenvalue weighted by Crippen LogP contribution is -2.51. The second kappa shape index (κ2) is 13.9. The molecule has 1 heterocycles. The number of nitrogens with one attached hydrogen (secondary N) is 3. The van der Waals surface area contributed by atoms with Crippen LogP contribution in [0.25, 0.3) is 0 Å². The van der Waals surface area contributed by atoms with E-state index in [-0.39, 0.29) is 36.1 Å². The Balaban J connectivity index is 0.00000363. The summed E-state index contributed by atoms with van der Waals surface area (Å²) in [6.45, 7) is 10.1. The predicted octanol–water partition coefficient (Wildman–Crippen LogP) is 3.74. The summed E-state index contributed by atoms with van der Waals surface area (Å²) < 4.78 is 5.06. The zero-order valence-corrected chi connectivity index (χ0v) is 22.0. The summed E-state index contributed by atoms with van der Waals surface area (Å²) in [5.74, 6) is 1.35. The fourth-order valence-electron chi connectivity index (χ4n) is 4.24. The third kappa shape index (κ3) is 8.77. The molecule has 3 atom stereocenters. The Morgan fingerprint density at radius 2 is 1.97 bits per heavy atom. The average molecular weight is 558 g/mol. The largest absolute Gasteiger partial charge is 0.450 e. The quantitative estimate of drug-likeness (QED) is 0.245. The Hall–Kier alpha value is -1.55. The summed E-state index contributed by atoms with van der Waals surface area (Å²) in [6, 6.07) is 11.7. The van der Waals surface area contributed by atoms with Crippen molar-refractivity contribution < 1.29 is 9.53 Å². The number of piperidine rings is 1. The lowest BCUT2D eigenvalue weighted by atomic mass is 9.97. The molecule has 2 fully saturated rings. The molecule has 1 saturated heterocycles. The van der Waals surface area contributed by atoms with E-state index in [1.54, 1.807) is 0 Å². The van der Waals surface area contributed by atoms with Gasteiger partial charge in [0.2, 0.25) is 0 Å². The van der Waals surface area contributed by atoms with Crippen molar-refractivity contribution in [3.63, 3.8) is 0 Å². The number of nitrogens with zero attached hydrogens (tertiary/aromatic N) is 2. The number of rotatable bonds is 9. The van der Waals surface area contributed by atoms with Gasteiger partial charge < -0.3 is 20.7 Å². The summed E-state index contributed by atoms with van der Waals surface area (Å²) >= 11 is 0. The van der Waals surface area contributed by atoms with E-state index in [1.165, 1.54) is 5.56 Å². The van der Waals surface area contributed by atoms with E-state index in [4.69, 9.17) is 9.73 Å². The topological polar surface area (TPSA) is 78.0 Å². The molecular formula is C24H40IN5O2. The van der Waals surface area contributed by atoms with Crippen LogP contribution in [0.15, 0.2) is 35.3 Å². The highest BCUT2D eigenvalue weighted by molar-refractivity contribution is 14.0. The number of aliphatic imine (C=N–C) groups is 1. The first-order valence-electron chi connectivity index (χ1n) is 11.8. The number of guanidine groups is 1. The average Bonchev–Trinajstić information content (AvgIpc) is 3.59. The van der Waals surface area contributed by atoms with Gasteiger partial charge >= 0.3 is 6.09 Å². The molecule has 180 valence electrons. The van der Waals surface area contributed by atoms with Crippen LogP contribution in [0, 0.1) is 5.92 Å². The van der Waals surface area contributed by atoms with Crippen LogP contribution in [0.1, 0.15) is 52.0 Å². The van der Waals surface area contributed by atoms with E-state index in [2.05, 4.69) is 65.0 Å². The number of hydrogen-bond acceptors (Lipinski definition) is 4. The monoisotopic (exact) mass is 557 g/mol. The molecule has 32 heavy (non-hydrogen) atoms. The van der Waals surface area contributed by atoms with Crippen molar-refractivity contribution in [1.82, 2.24) is 20.9 Å². The molecule has 3 rings (SSSR count). The van der Waals surface area contributed by atoms with Crippen molar-refractivity contribution >= 4 is 36.0 Å². The highest BCUT2D eigenvalue weighted by atomic mass is 127. The second-order valence-electron chi connectivity index (χ2n) is 8.70. The van der Waals surface area contributed by atoms with Crippen LogP contribution >= 0.6 is 24.0 Å². The van der Waals surface area contributed by atoms with E-state index in [0.29, 0.717) is 31.2 Å². The summed E-state index contributed by atoms with van der Waals surface area (Å²) in [4.78, 5) is 19.2. The van der Waals surface area contributed by atoms with Crippen LogP contribution in [0.2, 0.25) is 0 Å². The summed E-state index contributed by atoms with van der Waals surface area (Å²) in [5.41, 5.74) is 1.37. The molecule has 1 aliphatic heterocycles. The van der Waals surface area contributed by atoms with Gasteiger partial charge in [0.05, 0.1) is 19.2 Å². The Labute approximate surface area is 210 Å². The number of amides is 1. The van der Waals surface area contributed by atoms with E-state index in [0.717, 1.165) is 51.3 Å². The summed E-state index contributed by atoms with van der Waals surface area (Å²) in [7, 11) is 0. The van der Waals surface area contributed by atoms with E-state index in [1.807, 2.05) is 6.92 Å². The Bertz CT molecular complexity index is 714. The SMILES string of the molecule is CCNC(=NCC(NC(=O)OCC)C1CC1)NC1CCN(Cc2ccccc2)C(C)C1.I. The fourth-order valence-corrected chi connectivity index (χ4v) is 4.24. The Morgan fingerprint density at radius 1 is 1.22 bits per heavy atom. The smallest absolute Gasteiger partial charge is 0.407 e. The maximum Gasteiger partial charge on any atom is 0.407 e. The van der Waals surface area contributed by atoms with Gasteiger partial charge in [0.1, 0.15) is 0 Å². The zero-order chi connectivity index (χ0) is 22.1. The Kier molecular flexibility index (Phi) is 11.6. The van der Waals surface area contributed by atoms with Crippen LogP contribution in [0.5, 0.6) is 0 Å². The highest BCUT2D eigenvalue weighted by Gasteiger charge is 2.33. The van der Waals surface area contributed by atoms with Crippen molar-refractivity contribution in [2.75, 3.05) is 26.2 Å². The van der Waals surface area contributed by atoms with Crippen LogP contribution in [0.4, 0.5) is 4.79 Å². The van der Waals surface area contributed by atoms with Crippen LogP contribution < -0.4 is 16.0 Å². The predicted molar refractivity (Wildman–Crippen MR) is 141 cm³/mol. The van der Waals surface area contributed by atoms with Crippen molar-refractivity contribution in [3.05, 3.63) is 35.9 Å². The molecule has 3 unspecified atom stereocenters. The molecule has 0 aromatic heterocycles. The number of ether oxygens (including phenoxy) is 1. The van der Waals surface area contributed by atoms with Crippen LogP contribution in [0.3, 0.4) is 0 Å². The first kappa shape index (κ1) is 26.7. The highest BCUT2D eigenvalue weighted by Crippen LogP contribution is 2.32. The first-order valence-corrected chi connectivity index (χ1v) is 11.8. The molecule has 0 radical (unpaired) electrons. The molecule has 1 amide bonds. The number of benzene rings is 1. The van der Waals surface area contributed by atoms with Gasteiger partial charge in [0.15, 0.2) is 5.96 Å². The summed E-state index contributed by atoms with van der Waals surface area (Å²) in [5, 5.41) is 9.99. The minimum Gasteiger partial charge on any atom is -0.450 e. The summed E-state index contributed by atoms with van der Waals surface area (Å²) in [6.07, 6.45) is 4.13. The molecule has 3 N–H and O–H groups in total. The molecule has 1 saturated carbocycles. The number of halogens is 1. The van der Waals surface area contributed by atoms with E-state index in [9.17, 15) is 4.79 Å². The zero-order valence-electron chi connectivity index (χ0n) is 19.7. The number of likely N-dealkylation sites (tertiary alicyclic amines) is 1. The van der Waals surface area contributed by atoms with Gasteiger partial charge in [0, 0.05) is 31.7 Å². The third-order valence-corrected chi connectivity index (χ3v) is 6.14. The molecule has 7 nitrogen and oxygen atoms in total. The van der Waals surface area contributed by atoms with E-state index < -0.39 is 0 Å². The van der Waals surface area contributed by atoms with Gasteiger partial charge in [0.25, 0.3) is 0 Å².